The van der Waals surface area contributed by atoms with Crippen LogP contribution in [0, 0.1) is 0 Å². The van der Waals surface area contributed by atoms with Crippen LogP contribution in [0.4, 0.5) is 0 Å². The van der Waals surface area contributed by atoms with Crippen LogP contribution in [-0.2, 0) is 10.0 Å². The van der Waals surface area contributed by atoms with Crippen molar-refractivity contribution in [3.05, 3.63) is 17.9 Å². The van der Waals surface area contributed by atoms with Gasteiger partial charge in [0.1, 0.15) is 0 Å². The zero-order valence-corrected chi connectivity index (χ0v) is 11.2. The van der Waals surface area contributed by atoms with Gasteiger partial charge >= 0.3 is 0 Å². The number of amides is 1. The molecule has 0 fully saturated rings. The molecule has 108 valence electrons. The van der Waals surface area contributed by atoms with Crippen molar-refractivity contribution >= 4 is 15.9 Å². The van der Waals surface area contributed by atoms with Crippen LogP contribution in [0.3, 0.4) is 0 Å². The number of furan rings is 1. The quantitative estimate of drug-likeness (QED) is 0.569. The second-order valence-electron chi connectivity index (χ2n) is 3.57. The Bertz CT molecular complexity index is 518. The van der Waals surface area contributed by atoms with Crippen LogP contribution >= 0.6 is 0 Å². The Morgan fingerprint density at radius 3 is 2.37 bits per heavy atom. The van der Waals surface area contributed by atoms with Gasteiger partial charge in [0, 0.05) is 13.1 Å². The van der Waals surface area contributed by atoms with E-state index in [4.69, 9.17) is 14.6 Å². The maximum absolute atomic E-state index is 11.9. The fraction of sp³-hybridized carbons (Fsp3) is 0.500. The number of hydrogen-bond donors (Lipinski definition) is 3. The van der Waals surface area contributed by atoms with Crippen molar-refractivity contribution in [2.45, 2.75) is 5.09 Å². The van der Waals surface area contributed by atoms with Gasteiger partial charge in [0.15, 0.2) is 5.76 Å². The van der Waals surface area contributed by atoms with Gasteiger partial charge in [0.2, 0.25) is 5.09 Å². The molecule has 0 spiro atoms. The van der Waals surface area contributed by atoms with Gasteiger partial charge in [-0.15, -0.1) is 0 Å². The number of sulfonamides is 1. The highest BCUT2D eigenvalue weighted by atomic mass is 32.2. The SMILES string of the molecule is CNS(=O)(=O)c1ccc(C(=O)N(CCO)CCO)o1. The fourth-order valence-electron chi connectivity index (χ4n) is 1.39. The molecule has 0 aliphatic rings. The Balaban J connectivity index is 2.94. The first-order valence-electron chi connectivity index (χ1n) is 5.50. The summed E-state index contributed by atoms with van der Waals surface area (Å²) in [5.41, 5.74) is 0. The molecule has 1 rings (SSSR count). The van der Waals surface area contributed by atoms with E-state index >= 15 is 0 Å². The lowest BCUT2D eigenvalue weighted by Crippen LogP contribution is -2.35. The van der Waals surface area contributed by atoms with E-state index in [0.717, 1.165) is 11.0 Å². The van der Waals surface area contributed by atoms with Gasteiger partial charge in [0.05, 0.1) is 13.2 Å². The van der Waals surface area contributed by atoms with Gasteiger partial charge < -0.3 is 19.5 Å². The van der Waals surface area contributed by atoms with E-state index in [1.54, 1.807) is 0 Å². The van der Waals surface area contributed by atoms with Gasteiger partial charge in [0.25, 0.3) is 15.9 Å². The highest BCUT2D eigenvalue weighted by molar-refractivity contribution is 7.89. The van der Waals surface area contributed by atoms with Crippen molar-refractivity contribution in [2.75, 3.05) is 33.4 Å². The molecule has 0 saturated heterocycles. The smallest absolute Gasteiger partial charge is 0.289 e. The van der Waals surface area contributed by atoms with Crippen molar-refractivity contribution in [1.29, 1.82) is 0 Å². The largest absolute Gasteiger partial charge is 0.438 e. The molecule has 8 nitrogen and oxygen atoms in total. The third kappa shape index (κ3) is 3.77. The van der Waals surface area contributed by atoms with Crippen molar-refractivity contribution < 1.29 is 27.8 Å². The molecular weight excluding hydrogens is 276 g/mol. The van der Waals surface area contributed by atoms with Crippen molar-refractivity contribution in [3.8, 4) is 0 Å². The number of aliphatic hydroxyl groups excluding tert-OH is 2. The summed E-state index contributed by atoms with van der Waals surface area (Å²) in [4.78, 5) is 13.1. The molecule has 1 amide bonds. The summed E-state index contributed by atoms with van der Waals surface area (Å²) >= 11 is 0. The Morgan fingerprint density at radius 1 is 1.32 bits per heavy atom. The summed E-state index contributed by atoms with van der Waals surface area (Å²) in [7, 11) is -2.52. The van der Waals surface area contributed by atoms with Crippen LogP contribution < -0.4 is 4.72 Å². The third-order valence-electron chi connectivity index (χ3n) is 2.35. The average molecular weight is 292 g/mol. The van der Waals surface area contributed by atoms with Gasteiger partial charge in [-0.3, -0.25) is 4.79 Å². The highest BCUT2D eigenvalue weighted by Crippen LogP contribution is 2.15. The van der Waals surface area contributed by atoms with Crippen molar-refractivity contribution in [2.24, 2.45) is 0 Å². The number of nitrogens with one attached hydrogen (secondary N) is 1. The minimum absolute atomic E-state index is 0.0220. The van der Waals surface area contributed by atoms with Crippen LogP contribution in [0.2, 0.25) is 0 Å². The minimum Gasteiger partial charge on any atom is -0.438 e. The standard InChI is InChI=1S/C10H16N2O6S/c1-11-19(16,17)9-3-2-8(18-9)10(15)12(4-6-13)5-7-14/h2-3,11,13-14H,4-7H2,1H3. The number of hydrogen-bond acceptors (Lipinski definition) is 6. The Hall–Kier alpha value is -1.42. The van der Waals surface area contributed by atoms with Crippen LogP contribution in [0.25, 0.3) is 0 Å². The second kappa shape index (κ2) is 6.66. The first kappa shape index (κ1) is 15.6. The Kier molecular flexibility index (Phi) is 5.48. The van der Waals surface area contributed by atoms with E-state index in [1.807, 2.05) is 0 Å². The molecule has 9 heteroatoms. The Labute approximate surface area is 110 Å². The van der Waals surface area contributed by atoms with E-state index in [1.165, 1.54) is 13.1 Å². The number of rotatable bonds is 7. The topological polar surface area (TPSA) is 120 Å². The predicted octanol–water partition coefficient (Wildman–Crippen LogP) is -1.39. The molecule has 0 aliphatic heterocycles. The molecule has 19 heavy (non-hydrogen) atoms. The maximum atomic E-state index is 11.9. The lowest BCUT2D eigenvalue weighted by atomic mass is 10.3. The summed E-state index contributed by atoms with van der Waals surface area (Å²) in [6, 6.07) is 2.39. The number of carbonyl (C=O) groups is 1. The summed E-state index contributed by atoms with van der Waals surface area (Å²) in [5.74, 6) is -0.767. The molecular formula is C10H16N2O6S. The molecule has 1 heterocycles. The Morgan fingerprint density at radius 2 is 1.89 bits per heavy atom. The molecule has 0 saturated carbocycles. The summed E-state index contributed by atoms with van der Waals surface area (Å²) < 4.78 is 29.9. The lowest BCUT2D eigenvalue weighted by Gasteiger charge is -2.18. The van der Waals surface area contributed by atoms with Crippen LogP contribution in [0.1, 0.15) is 10.6 Å². The predicted molar refractivity (Wildman–Crippen MR) is 65.0 cm³/mol. The minimum atomic E-state index is -3.75. The van der Waals surface area contributed by atoms with E-state index in [2.05, 4.69) is 4.72 Å². The van der Waals surface area contributed by atoms with Gasteiger partial charge in [-0.05, 0) is 19.2 Å². The lowest BCUT2D eigenvalue weighted by molar-refractivity contribution is 0.0648. The molecule has 3 N–H and O–H groups in total. The van der Waals surface area contributed by atoms with Gasteiger partial charge in [-0.25, -0.2) is 13.1 Å². The number of nitrogens with zero attached hydrogens (tertiary/aromatic N) is 1. The van der Waals surface area contributed by atoms with E-state index in [9.17, 15) is 13.2 Å². The number of aliphatic hydroxyl groups is 2. The molecule has 0 unspecified atom stereocenters. The zero-order chi connectivity index (χ0) is 14.5. The normalized spacial score (nSPS) is 11.5. The van der Waals surface area contributed by atoms with Crippen LogP contribution in [0.15, 0.2) is 21.6 Å². The number of carbonyl (C=O) groups excluding carboxylic acids is 1. The first-order chi connectivity index (χ1) is 8.96. The van der Waals surface area contributed by atoms with Gasteiger partial charge in [-0.1, -0.05) is 0 Å². The molecule has 1 aromatic rings. The fourth-order valence-corrected chi connectivity index (χ4v) is 2.04. The van der Waals surface area contributed by atoms with Crippen molar-refractivity contribution in [3.63, 3.8) is 0 Å². The van der Waals surface area contributed by atoms with Crippen LogP contribution in [-0.4, -0.2) is 62.8 Å². The maximum Gasteiger partial charge on any atom is 0.289 e. The zero-order valence-electron chi connectivity index (χ0n) is 10.4. The summed E-state index contributed by atoms with van der Waals surface area (Å²) in [6.07, 6.45) is 0. The average Bonchev–Trinajstić information content (AvgIpc) is 2.88. The molecule has 0 atom stereocenters. The van der Waals surface area contributed by atoms with Crippen molar-refractivity contribution in [1.82, 2.24) is 9.62 Å². The summed E-state index contributed by atoms with van der Waals surface area (Å²) in [6.45, 7) is -0.495. The van der Waals surface area contributed by atoms with Gasteiger partial charge in [-0.2, -0.15) is 0 Å². The highest BCUT2D eigenvalue weighted by Gasteiger charge is 2.22. The summed E-state index contributed by atoms with van der Waals surface area (Å²) in [5, 5.41) is 17.3. The molecule has 0 aliphatic carbocycles. The van der Waals surface area contributed by atoms with Crippen LogP contribution in [0.5, 0.6) is 0 Å². The molecule has 0 bridgehead atoms. The third-order valence-corrected chi connectivity index (χ3v) is 3.64. The van der Waals surface area contributed by atoms with E-state index < -0.39 is 15.9 Å². The molecule has 0 radical (unpaired) electrons. The molecule has 1 aromatic heterocycles. The first-order valence-corrected chi connectivity index (χ1v) is 6.99. The molecule has 0 aromatic carbocycles. The van der Waals surface area contributed by atoms with E-state index in [-0.39, 0.29) is 37.2 Å². The second-order valence-corrected chi connectivity index (χ2v) is 5.38. The van der Waals surface area contributed by atoms with E-state index in [0.29, 0.717) is 0 Å². The monoisotopic (exact) mass is 292 g/mol.